The van der Waals surface area contributed by atoms with Crippen molar-refractivity contribution in [3.63, 3.8) is 0 Å². The Morgan fingerprint density at radius 2 is 2.05 bits per heavy atom. The van der Waals surface area contributed by atoms with Crippen LogP contribution in [0.3, 0.4) is 0 Å². The number of carbonyl (C=O) groups is 2. The average molecular weight is 355 g/mol. The van der Waals surface area contributed by atoms with Gasteiger partial charge in [-0.2, -0.15) is 0 Å². The number of nitrogens with one attached hydrogen (secondary N) is 1. The van der Waals surface area contributed by atoms with E-state index in [2.05, 4.69) is 21.2 Å². The molecular formula is C15H16BrFN2O2. The molecule has 2 aliphatic heterocycles. The summed E-state index contributed by atoms with van der Waals surface area (Å²) in [7, 11) is 0. The van der Waals surface area contributed by atoms with Gasteiger partial charge in [0.1, 0.15) is 5.82 Å². The molecule has 3 rings (SSSR count). The van der Waals surface area contributed by atoms with E-state index in [1.54, 1.807) is 4.90 Å². The second-order valence-corrected chi connectivity index (χ2v) is 6.72. The molecule has 0 aromatic heterocycles. The van der Waals surface area contributed by atoms with Gasteiger partial charge in [0, 0.05) is 30.5 Å². The van der Waals surface area contributed by atoms with Crippen molar-refractivity contribution in [3.8, 4) is 0 Å². The summed E-state index contributed by atoms with van der Waals surface area (Å²) >= 11 is 3.24. The van der Waals surface area contributed by atoms with Crippen molar-refractivity contribution in [1.29, 1.82) is 0 Å². The topological polar surface area (TPSA) is 49.4 Å². The van der Waals surface area contributed by atoms with Gasteiger partial charge >= 0.3 is 0 Å². The Morgan fingerprint density at radius 1 is 1.33 bits per heavy atom. The number of nitrogens with zero attached hydrogens (tertiary/aromatic N) is 1. The van der Waals surface area contributed by atoms with Gasteiger partial charge in [-0.05, 0) is 52.4 Å². The number of rotatable bonds is 1. The zero-order valence-electron chi connectivity index (χ0n) is 11.5. The second-order valence-electron chi connectivity index (χ2n) is 5.87. The largest absolute Gasteiger partial charge is 0.356 e. The smallest absolute Gasteiger partial charge is 0.255 e. The first-order valence-corrected chi connectivity index (χ1v) is 7.79. The molecule has 0 aliphatic carbocycles. The van der Waals surface area contributed by atoms with Gasteiger partial charge in [-0.25, -0.2) is 4.39 Å². The Kier molecular flexibility index (Phi) is 3.73. The molecule has 1 spiro atoms. The average Bonchev–Trinajstić information content (AvgIpc) is 2.80. The summed E-state index contributed by atoms with van der Waals surface area (Å²) < 4.78 is 13.6. The first-order chi connectivity index (χ1) is 9.99. The fourth-order valence-electron chi connectivity index (χ4n) is 3.12. The Balaban J connectivity index is 1.69. The molecule has 2 aliphatic rings. The van der Waals surface area contributed by atoms with Crippen LogP contribution < -0.4 is 5.32 Å². The summed E-state index contributed by atoms with van der Waals surface area (Å²) in [5.74, 6) is -0.350. The molecule has 21 heavy (non-hydrogen) atoms. The number of halogens is 2. The molecule has 2 heterocycles. The van der Waals surface area contributed by atoms with Crippen LogP contribution in [0.5, 0.6) is 0 Å². The number of carbonyl (C=O) groups excluding carboxylic acids is 2. The van der Waals surface area contributed by atoms with Crippen LogP contribution in [-0.4, -0.2) is 36.3 Å². The molecular weight excluding hydrogens is 339 g/mol. The first kappa shape index (κ1) is 14.5. The lowest BCUT2D eigenvalue weighted by Gasteiger charge is -2.38. The summed E-state index contributed by atoms with van der Waals surface area (Å²) in [5.41, 5.74) is 0.501. The van der Waals surface area contributed by atoms with Crippen molar-refractivity contribution in [2.24, 2.45) is 5.41 Å². The fourth-order valence-corrected chi connectivity index (χ4v) is 3.64. The highest BCUT2D eigenvalue weighted by atomic mass is 79.9. The van der Waals surface area contributed by atoms with E-state index in [4.69, 9.17) is 0 Å². The number of benzene rings is 1. The van der Waals surface area contributed by atoms with Crippen molar-refractivity contribution in [1.82, 2.24) is 10.2 Å². The van der Waals surface area contributed by atoms with E-state index >= 15 is 0 Å². The minimum absolute atomic E-state index is 0.0217. The zero-order valence-corrected chi connectivity index (χ0v) is 13.1. The molecule has 0 radical (unpaired) electrons. The summed E-state index contributed by atoms with van der Waals surface area (Å²) in [6, 6.07) is 4.11. The maximum absolute atomic E-state index is 13.1. The minimum Gasteiger partial charge on any atom is -0.356 e. The molecule has 4 nitrogen and oxygen atoms in total. The molecule has 112 valence electrons. The van der Waals surface area contributed by atoms with Crippen LogP contribution in [0.15, 0.2) is 22.7 Å². The zero-order chi connectivity index (χ0) is 15.0. The van der Waals surface area contributed by atoms with Crippen LogP contribution in [-0.2, 0) is 4.79 Å². The van der Waals surface area contributed by atoms with E-state index in [1.165, 1.54) is 18.2 Å². The summed E-state index contributed by atoms with van der Waals surface area (Å²) in [6.45, 7) is 1.99. The third-order valence-electron chi connectivity index (χ3n) is 4.47. The normalized spacial score (nSPS) is 20.7. The van der Waals surface area contributed by atoms with Crippen LogP contribution in [0.4, 0.5) is 4.39 Å². The maximum Gasteiger partial charge on any atom is 0.255 e. The highest BCUT2D eigenvalue weighted by Crippen LogP contribution is 2.38. The van der Waals surface area contributed by atoms with Gasteiger partial charge in [-0.15, -0.1) is 0 Å². The predicted octanol–water partition coefficient (Wildman–Crippen LogP) is 2.33. The van der Waals surface area contributed by atoms with Crippen LogP contribution >= 0.6 is 15.9 Å². The molecule has 0 unspecified atom stereocenters. The van der Waals surface area contributed by atoms with Crippen molar-refractivity contribution in [2.75, 3.05) is 19.6 Å². The number of hydrogen-bond acceptors (Lipinski definition) is 2. The minimum atomic E-state index is -0.369. The standard InChI is InChI=1S/C15H16BrFN2O2/c16-12-7-10(17)1-2-11(12)14(21)19-5-3-15(4-6-19)8-13(20)18-9-15/h1-2,7H,3-6,8-9H2,(H,18,20). The van der Waals surface area contributed by atoms with Crippen molar-refractivity contribution in [2.45, 2.75) is 19.3 Å². The third kappa shape index (κ3) is 2.81. The number of hydrogen-bond donors (Lipinski definition) is 1. The molecule has 2 fully saturated rings. The quantitative estimate of drug-likeness (QED) is 0.841. The monoisotopic (exact) mass is 354 g/mol. The van der Waals surface area contributed by atoms with E-state index < -0.39 is 0 Å². The van der Waals surface area contributed by atoms with Crippen molar-refractivity contribution < 1.29 is 14.0 Å². The number of likely N-dealkylation sites (tertiary alicyclic amines) is 1. The van der Waals surface area contributed by atoms with Crippen LogP contribution in [0, 0.1) is 11.2 Å². The SMILES string of the molecule is O=C1CC2(CCN(C(=O)c3ccc(F)cc3Br)CC2)CN1. The summed E-state index contributed by atoms with van der Waals surface area (Å²) in [6.07, 6.45) is 2.22. The van der Waals surface area contributed by atoms with E-state index in [9.17, 15) is 14.0 Å². The van der Waals surface area contributed by atoms with Crippen molar-refractivity contribution in [3.05, 3.63) is 34.1 Å². The Bertz CT molecular complexity index is 597. The maximum atomic E-state index is 13.1. The third-order valence-corrected chi connectivity index (χ3v) is 5.13. The molecule has 1 aromatic rings. The lowest BCUT2D eigenvalue weighted by molar-refractivity contribution is -0.119. The lowest BCUT2D eigenvalue weighted by Crippen LogP contribution is -2.44. The number of amides is 2. The van der Waals surface area contributed by atoms with Gasteiger partial charge in [-0.3, -0.25) is 9.59 Å². The molecule has 1 N–H and O–H groups in total. The second kappa shape index (κ2) is 5.40. The molecule has 0 saturated carbocycles. The van der Waals surface area contributed by atoms with Gasteiger partial charge in [0.25, 0.3) is 5.91 Å². The van der Waals surface area contributed by atoms with Crippen LogP contribution in [0.1, 0.15) is 29.6 Å². The molecule has 6 heteroatoms. The Morgan fingerprint density at radius 3 is 2.62 bits per heavy atom. The van der Waals surface area contributed by atoms with E-state index in [-0.39, 0.29) is 23.0 Å². The molecule has 2 saturated heterocycles. The summed E-state index contributed by atoms with van der Waals surface area (Å²) in [4.78, 5) is 25.7. The fraction of sp³-hybridized carbons (Fsp3) is 0.467. The van der Waals surface area contributed by atoms with Crippen LogP contribution in [0.25, 0.3) is 0 Å². The van der Waals surface area contributed by atoms with Gasteiger partial charge < -0.3 is 10.2 Å². The van der Waals surface area contributed by atoms with Gasteiger partial charge in [0.2, 0.25) is 5.91 Å². The molecule has 1 aromatic carbocycles. The first-order valence-electron chi connectivity index (χ1n) is 7.00. The van der Waals surface area contributed by atoms with E-state index in [0.29, 0.717) is 36.1 Å². The number of piperidine rings is 1. The lowest BCUT2D eigenvalue weighted by atomic mass is 9.77. The van der Waals surface area contributed by atoms with E-state index in [1.807, 2.05) is 0 Å². The Hall–Kier alpha value is -1.43. The van der Waals surface area contributed by atoms with Gasteiger partial charge in [0.15, 0.2) is 0 Å². The predicted molar refractivity (Wildman–Crippen MR) is 79.3 cm³/mol. The Labute approximate surface area is 130 Å². The van der Waals surface area contributed by atoms with Gasteiger partial charge in [0.05, 0.1) is 5.56 Å². The molecule has 2 amide bonds. The van der Waals surface area contributed by atoms with Crippen LogP contribution in [0.2, 0.25) is 0 Å². The highest BCUT2D eigenvalue weighted by Gasteiger charge is 2.41. The molecule has 0 atom stereocenters. The highest BCUT2D eigenvalue weighted by molar-refractivity contribution is 9.10. The summed E-state index contributed by atoms with van der Waals surface area (Å²) in [5, 5.41) is 2.88. The van der Waals surface area contributed by atoms with Gasteiger partial charge in [-0.1, -0.05) is 0 Å². The molecule has 0 bridgehead atoms. The van der Waals surface area contributed by atoms with Crippen molar-refractivity contribution >= 4 is 27.7 Å². The van der Waals surface area contributed by atoms with E-state index in [0.717, 1.165) is 12.8 Å².